The molecule has 0 saturated heterocycles. The van der Waals surface area contributed by atoms with Crippen LogP contribution in [0, 0.1) is 6.92 Å². The molecule has 120 valence electrons. The summed E-state index contributed by atoms with van der Waals surface area (Å²) in [5.74, 6) is 1.18. The van der Waals surface area contributed by atoms with Gasteiger partial charge in [-0.3, -0.25) is 14.5 Å². The second-order valence-electron chi connectivity index (χ2n) is 5.51. The van der Waals surface area contributed by atoms with Crippen molar-refractivity contribution in [3.63, 3.8) is 0 Å². The minimum absolute atomic E-state index is 0.119. The highest BCUT2D eigenvalue weighted by atomic mass is 32.1. The van der Waals surface area contributed by atoms with Crippen LogP contribution in [0.4, 0.5) is 0 Å². The molecule has 3 aromatic heterocycles. The molecule has 0 bridgehead atoms. The number of nitrogens with zero attached hydrogens (tertiary/aromatic N) is 3. The van der Waals surface area contributed by atoms with Gasteiger partial charge in [-0.2, -0.15) is 0 Å². The Morgan fingerprint density at radius 3 is 2.83 bits per heavy atom. The Kier molecular flexibility index (Phi) is 4.10. The van der Waals surface area contributed by atoms with Crippen molar-refractivity contribution in [2.45, 2.75) is 26.4 Å². The fraction of sp³-hybridized carbons (Fsp3) is 0.333. The Hall–Kier alpha value is -2.32. The first-order valence-corrected chi connectivity index (χ1v) is 8.06. The van der Waals surface area contributed by atoms with Crippen molar-refractivity contribution in [3.8, 4) is 0 Å². The van der Waals surface area contributed by atoms with Crippen LogP contribution in [0.5, 0.6) is 0 Å². The monoisotopic (exact) mass is 331 g/mol. The van der Waals surface area contributed by atoms with E-state index >= 15 is 0 Å². The van der Waals surface area contributed by atoms with Gasteiger partial charge in [0.05, 0.1) is 18.1 Å². The van der Waals surface area contributed by atoms with E-state index < -0.39 is 0 Å². The maximum atomic E-state index is 12.0. The first kappa shape index (κ1) is 15.6. The van der Waals surface area contributed by atoms with E-state index in [4.69, 9.17) is 0 Å². The van der Waals surface area contributed by atoms with E-state index in [1.807, 2.05) is 30.3 Å². The van der Waals surface area contributed by atoms with E-state index in [1.54, 1.807) is 6.92 Å². The molecule has 0 fully saturated rings. The molecule has 0 unspecified atom stereocenters. The quantitative estimate of drug-likeness (QED) is 0.757. The minimum atomic E-state index is -0.168. The minimum Gasteiger partial charge on any atom is -0.309 e. The van der Waals surface area contributed by atoms with Crippen LogP contribution in [0.1, 0.15) is 30.3 Å². The summed E-state index contributed by atoms with van der Waals surface area (Å²) in [5, 5.41) is 1.85. The lowest BCUT2D eigenvalue weighted by Crippen LogP contribution is -2.27. The Morgan fingerprint density at radius 2 is 2.09 bits per heavy atom. The van der Waals surface area contributed by atoms with Crippen molar-refractivity contribution in [1.82, 2.24) is 24.8 Å². The predicted octanol–water partition coefficient (Wildman–Crippen LogP) is 1.57. The summed E-state index contributed by atoms with van der Waals surface area (Å²) in [6.45, 7) is 4.17. The molecule has 3 aromatic rings. The third-order valence-corrected chi connectivity index (χ3v) is 4.61. The van der Waals surface area contributed by atoms with E-state index in [0.29, 0.717) is 34.1 Å². The Labute approximate surface area is 136 Å². The van der Waals surface area contributed by atoms with Gasteiger partial charge in [-0.25, -0.2) is 9.97 Å². The average Bonchev–Trinajstić information content (AvgIpc) is 2.94. The number of fused-ring (bicyclic) bond motifs is 1. The van der Waals surface area contributed by atoms with Crippen LogP contribution < -0.4 is 11.1 Å². The number of aromatic nitrogens is 4. The van der Waals surface area contributed by atoms with Crippen molar-refractivity contribution in [1.29, 1.82) is 0 Å². The molecule has 0 amide bonds. The molecule has 0 radical (unpaired) electrons. The molecular formula is C15H17N5O2S. The lowest BCUT2D eigenvalue weighted by atomic mass is 10.2. The number of nitrogens with one attached hydrogen (secondary N) is 2. The number of hydrogen-bond donors (Lipinski definition) is 2. The van der Waals surface area contributed by atoms with Gasteiger partial charge < -0.3 is 9.97 Å². The maximum absolute atomic E-state index is 12.0. The van der Waals surface area contributed by atoms with Gasteiger partial charge in [-0.05, 0) is 32.3 Å². The zero-order valence-corrected chi connectivity index (χ0v) is 13.9. The highest BCUT2D eigenvalue weighted by Crippen LogP contribution is 2.17. The van der Waals surface area contributed by atoms with Crippen LogP contribution >= 0.6 is 11.3 Å². The molecule has 7 nitrogen and oxygen atoms in total. The molecular weight excluding hydrogens is 314 g/mol. The summed E-state index contributed by atoms with van der Waals surface area (Å²) in [6.07, 6.45) is 0. The van der Waals surface area contributed by atoms with E-state index in [-0.39, 0.29) is 17.2 Å². The lowest BCUT2D eigenvalue weighted by Gasteiger charge is -2.23. The van der Waals surface area contributed by atoms with E-state index in [2.05, 4.69) is 19.9 Å². The lowest BCUT2D eigenvalue weighted by molar-refractivity contribution is 0.237. The van der Waals surface area contributed by atoms with Gasteiger partial charge in [-0.1, -0.05) is 0 Å². The van der Waals surface area contributed by atoms with Crippen molar-refractivity contribution < 1.29 is 0 Å². The maximum Gasteiger partial charge on any atom is 0.268 e. The zero-order valence-electron chi connectivity index (χ0n) is 13.1. The Bertz CT molecular complexity index is 958. The number of thiophene rings is 1. The number of aromatic amines is 2. The van der Waals surface area contributed by atoms with Crippen LogP contribution in [0.25, 0.3) is 10.2 Å². The van der Waals surface area contributed by atoms with E-state index in [1.165, 1.54) is 17.4 Å². The standard InChI is InChI=1S/C15H17N5O2S/c1-8-6-12(21)19-14(16-8)9(2)20(3)7-11-17-10-4-5-23-13(10)15(22)18-11/h4-6,9H,7H2,1-3H3,(H,16,19,21)(H,17,18,22)/t9-/m1/s1. The largest absolute Gasteiger partial charge is 0.309 e. The summed E-state index contributed by atoms with van der Waals surface area (Å²) in [7, 11) is 1.89. The smallest absolute Gasteiger partial charge is 0.268 e. The molecule has 0 aromatic carbocycles. The number of rotatable bonds is 4. The SMILES string of the molecule is Cc1cc(=O)[nH]c([C@@H](C)N(C)Cc2nc3ccsc3c(=O)[nH]2)n1. The molecule has 2 N–H and O–H groups in total. The molecule has 0 aliphatic carbocycles. The Balaban J connectivity index is 1.85. The molecule has 0 aliphatic rings. The molecule has 0 aliphatic heterocycles. The number of hydrogen-bond acceptors (Lipinski definition) is 6. The highest BCUT2D eigenvalue weighted by molar-refractivity contribution is 7.17. The molecule has 23 heavy (non-hydrogen) atoms. The molecule has 0 spiro atoms. The van der Waals surface area contributed by atoms with Crippen LogP contribution in [-0.4, -0.2) is 31.9 Å². The van der Waals surface area contributed by atoms with Gasteiger partial charge in [0.2, 0.25) is 0 Å². The first-order valence-electron chi connectivity index (χ1n) is 7.18. The van der Waals surface area contributed by atoms with Gasteiger partial charge >= 0.3 is 0 Å². The summed E-state index contributed by atoms with van der Waals surface area (Å²) in [5.41, 5.74) is 1.09. The van der Waals surface area contributed by atoms with Crippen LogP contribution in [0.15, 0.2) is 27.1 Å². The van der Waals surface area contributed by atoms with Crippen LogP contribution in [-0.2, 0) is 6.54 Å². The highest BCUT2D eigenvalue weighted by Gasteiger charge is 2.16. The third-order valence-electron chi connectivity index (χ3n) is 3.71. The van der Waals surface area contributed by atoms with Crippen molar-refractivity contribution in [3.05, 3.63) is 55.6 Å². The first-order chi connectivity index (χ1) is 10.9. The average molecular weight is 331 g/mol. The number of H-pyrrole nitrogens is 2. The van der Waals surface area contributed by atoms with E-state index in [0.717, 1.165) is 0 Å². The summed E-state index contributed by atoms with van der Waals surface area (Å²) < 4.78 is 0.633. The normalized spacial score (nSPS) is 12.9. The van der Waals surface area contributed by atoms with E-state index in [9.17, 15) is 9.59 Å². The van der Waals surface area contributed by atoms with Crippen molar-refractivity contribution in [2.24, 2.45) is 0 Å². The summed E-state index contributed by atoms with van der Waals surface area (Å²) >= 11 is 1.38. The molecule has 3 rings (SSSR count). The predicted molar refractivity (Wildman–Crippen MR) is 89.7 cm³/mol. The van der Waals surface area contributed by atoms with Crippen molar-refractivity contribution in [2.75, 3.05) is 7.05 Å². The van der Waals surface area contributed by atoms with Crippen LogP contribution in [0.2, 0.25) is 0 Å². The Morgan fingerprint density at radius 1 is 1.30 bits per heavy atom. The fourth-order valence-electron chi connectivity index (χ4n) is 2.38. The van der Waals surface area contributed by atoms with Gasteiger partial charge in [0.15, 0.2) is 0 Å². The van der Waals surface area contributed by atoms with Gasteiger partial charge in [-0.15, -0.1) is 11.3 Å². The summed E-state index contributed by atoms with van der Waals surface area (Å²) in [4.78, 5) is 40.0. The second kappa shape index (κ2) is 6.05. The van der Waals surface area contributed by atoms with Gasteiger partial charge in [0.1, 0.15) is 16.3 Å². The molecule has 3 heterocycles. The van der Waals surface area contributed by atoms with Gasteiger partial charge in [0, 0.05) is 11.8 Å². The third kappa shape index (κ3) is 3.22. The van der Waals surface area contributed by atoms with Crippen LogP contribution in [0.3, 0.4) is 0 Å². The molecule has 0 saturated carbocycles. The van der Waals surface area contributed by atoms with Crippen molar-refractivity contribution >= 4 is 21.6 Å². The van der Waals surface area contributed by atoms with Gasteiger partial charge in [0.25, 0.3) is 11.1 Å². The molecule has 1 atom stereocenters. The molecule has 8 heteroatoms. The number of aryl methyl sites for hydroxylation is 1. The second-order valence-corrected chi connectivity index (χ2v) is 6.43. The zero-order chi connectivity index (χ0) is 16.6. The topological polar surface area (TPSA) is 94.7 Å². The summed E-state index contributed by atoms with van der Waals surface area (Å²) in [6, 6.07) is 3.17. The fourth-order valence-corrected chi connectivity index (χ4v) is 3.10.